The molecule has 2 aromatic carbocycles. The lowest BCUT2D eigenvalue weighted by Gasteiger charge is -2.12. The summed E-state index contributed by atoms with van der Waals surface area (Å²) in [5.74, 6) is 1.81. The van der Waals surface area contributed by atoms with Gasteiger partial charge in [-0.05, 0) is 42.3 Å². The predicted molar refractivity (Wildman–Crippen MR) is 118 cm³/mol. The van der Waals surface area contributed by atoms with Crippen molar-refractivity contribution in [1.29, 1.82) is 0 Å². The molecule has 0 saturated heterocycles. The van der Waals surface area contributed by atoms with Gasteiger partial charge in [0.2, 0.25) is 5.13 Å². The van der Waals surface area contributed by atoms with Crippen LogP contribution in [-0.4, -0.2) is 37.6 Å². The predicted octanol–water partition coefficient (Wildman–Crippen LogP) is 4.76. The number of urea groups is 1. The third-order valence-electron chi connectivity index (χ3n) is 4.22. The second-order valence-electron chi connectivity index (χ2n) is 6.25. The van der Waals surface area contributed by atoms with Crippen LogP contribution in [0.15, 0.2) is 30.3 Å². The summed E-state index contributed by atoms with van der Waals surface area (Å²) in [5, 5.41) is 15.2. The maximum absolute atomic E-state index is 12.4. The number of benzene rings is 2. The summed E-state index contributed by atoms with van der Waals surface area (Å²) in [4.78, 5) is 12.4. The lowest BCUT2D eigenvalue weighted by atomic mass is 10.1. The van der Waals surface area contributed by atoms with E-state index >= 15 is 0 Å². The van der Waals surface area contributed by atoms with Crippen LogP contribution < -0.4 is 24.8 Å². The van der Waals surface area contributed by atoms with E-state index in [-0.39, 0.29) is 0 Å². The average Bonchev–Trinajstić information content (AvgIpc) is 3.16. The summed E-state index contributed by atoms with van der Waals surface area (Å²) >= 11 is 7.43. The van der Waals surface area contributed by atoms with Crippen molar-refractivity contribution < 1.29 is 19.0 Å². The molecule has 0 radical (unpaired) electrons. The number of hydrogen-bond donors (Lipinski definition) is 2. The highest BCUT2D eigenvalue weighted by Gasteiger charge is 2.13. The number of nitrogens with one attached hydrogen (secondary N) is 2. The van der Waals surface area contributed by atoms with Gasteiger partial charge in [-0.3, -0.25) is 5.32 Å². The number of nitrogens with zero attached hydrogens (tertiary/aromatic N) is 2. The number of methoxy groups -OCH3 is 3. The molecule has 3 rings (SSSR count). The minimum atomic E-state index is -0.470. The van der Waals surface area contributed by atoms with E-state index in [1.54, 1.807) is 26.4 Å². The lowest BCUT2D eigenvalue weighted by molar-refractivity contribution is 0.262. The second kappa shape index (κ2) is 9.64. The zero-order valence-corrected chi connectivity index (χ0v) is 18.5. The van der Waals surface area contributed by atoms with Crippen LogP contribution in [0.1, 0.15) is 16.1 Å². The maximum atomic E-state index is 12.4. The van der Waals surface area contributed by atoms with Crippen LogP contribution in [-0.2, 0) is 6.42 Å². The molecule has 0 saturated carbocycles. The number of amides is 2. The van der Waals surface area contributed by atoms with Gasteiger partial charge in [-0.25, -0.2) is 4.79 Å². The van der Waals surface area contributed by atoms with Gasteiger partial charge >= 0.3 is 6.03 Å². The normalized spacial score (nSPS) is 10.4. The minimum Gasteiger partial charge on any atom is -0.495 e. The molecule has 0 atom stereocenters. The molecular weight excluding hydrogens is 428 g/mol. The summed E-state index contributed by atoms with van der Waals surface area (Å²) < 4.78 is 15.9. The lowest BCUT2D eigenvalue weighted by Crippen LogP contribution is -2.19. The molecule has 0 fully saturated rings. The largest absolute Gasteiger partial charge is 0.495 e. The first kappa shape index (κ1) is 21.7. The first-order valence-corrected chi connectivity index (χ1v) is 10.1. The standard InChI is InChI=1S/C20H21ClN4O4S/c1-11-7-16(28-3)14(10-13(11)21)22-19(26)23-20-25-24-18(30-20)9-12-5-6-15(27-2)17(8-12)29-4/h5-8,10H,9H2,1-4H3,(H2,22,23,25,26). The Morgan fingerprint density at radius 1 is 1.00 bits per heavy atom. The van der Waals surface area contributed by atoms with Crippen LogP contribution >= 0.6 is 22.9 Å². The van der Waals surface area contributed by atoms with Gasteiger partial charge in [-0.15, -0.1) is 10.2 Å². The molecular formula is C20H21ClN4O4S. The van der Waals surface area contributed by atoms with Crippen LogP contribution in [0.2, 0.25) is 5.02 Å². The first-order chi connectivity index (χ1) is 14.4. The Kier molecular flexibility index (Phi) is 6.96. The number of rotatable bonds is 7. The molecule has 30 heavy (non-hydrogen) atoms. The van der Waals surface area contributed by atoms with Gasteiger partial charge in [-0.2, -0.15) is 0 Å². The Morgan fingerprint density at radius 3 is 2.43 bits per heavy atom. The summed E-state index contributed by atoms with van der Waals surface area (Å²) in [6.45, 7) is 1.86. The van der Waals surface area contributed by atoms with Crippen LogP contribution in [0.25, 0.3) is 0 Å². The molecule has 1 heterocycles. The van der Waals surface area contributed by atoms with Crippen LogP contribution in [0, 0.1) is 6.92 Å². The monoisotopic (exact) mass is 448 g/mol. The number of halogens is 1. The van der Waals surface area contributed by atoms with Crippen molar-refractivity contribution in [2.45, 2.75) is 13.3 Å². The van der Waals surface area contributed by atoms with Gasteiger partial charge in [-0.1, -0.05) is 29.0 Å². The van der Waals surface area contributed by atoms with Crippen LogP contribution in [0.3, 0.4) is 0 Å². The van der Waals surface area contributed by atoms with Gasteiger partial charge in [0.15, 0.2) is 11.5 Å². The molecule has 2 N–H and O–H groups in total. The van der Waals surface area contributed by atoms with Crippen molar-refractivity contribution in [3.05, 3.63) is 51.5 Å². The van der Waals surface area contributed by atoms with Crippen molar-refractivity contribution in [1.82, 2.24) is 10.2 Å². The number of carbonyl (C=O) groups is 1. The fraction of sp³-hybridized carbons (Fsp3) is 0.250. The zero-order valence-electron chi connectivity index (χ0n) is 16.9. The number of carbonyl (C=O) groups excluding carboxylic acids is 1. The zero-order chi connectivity index (χ0) is 21.7. The second-order valence-corrected chi connectivity index (χ2v) is 7.72. The Labute approximate surface area is 183 Å². The summed E-state index contributed by atoms with van der Waals surface area (Å²) in [5.41, 5.74) is 2.29. The van der Waals surface area contributed by atoms with E-state index in [4.69, 9.17) is 25.8 Å². The van der Waals surface area contributed by atoms with Crippen molar-refractivity contribution >= 4 is 39.8 Å². The fourth-order valence-corrected chi connectivity index (χ4v) is 3.65. The topological polar surface area (TPSA) is 94.6 Å². The highest BCUT2D eigenvalue weighted by molar-refractivity contribution is 7.15. The molecule has 2 amide bonds. The van der Waals surface area contributed by atoms with Gasteiger partial charge in [0.05, 0.1) is 27.0 Å². The van der Waals surface area contributed by atoms with E-state index in [9.17, 15) is 4.79 Å². The van der Waals surface area contributed by atoms with Gasteiger partial charge in [0, 0.05) is 11.4 Å². The summed E-state index contributed by atoms with van der Waals surface area (Å²) in [7, 11) is 4.70. The smallest absolute Gasteiger partial charge is 0.325 e. The van der Waals surface area contributed by atoms with Crippen LogP contribution in [0.5, 0.6) is 17.2 Å². The van der Waals surface area contributed by atoms with E-state index in [0.717, 1.165) is 16.1 Å². The quantitative estimate of drug-likeness (QED) is 0.541. The number of aromatic nitrogens is 2. The highest BCUT2D eigenvalue weighted by Crippen LogP contribution is 2.31. The van der Waals surface area contributed by atoms with Crippen molar-refractivity contribution in [3.8, 4) is 17.2 Å². The Hall–Kier alpha value is -3.04. The van der Waals surface area contributed by atoms with E-state index in [1.807, 2.05) is 25.1 Å². The molecule has 0 aliphatic carbocycles. The fourth-order valence-electron chi connectivity index (χ4n) is 2.71. The molecule has 8 nitrogen and oxygen atoms in total. The number of aryl methyl sites for hydroxylation is 1. The van der Waals surface area contributed by atoms with Crippen molar-refractivity contribution in [2.75, 3.05) is 32.0 Å². The van der Waals surface area contributed by atoms with E-state index in [2.05, 4.69) is 20.8 Å². The third kappa shape index (κ3) is 5.11. The SMILES string of the molecule is COc1cc(C)c(Cl)cc1NC(=O)Nc1nnc(Cc2ccc(OC)c(OC)c2)s1. The van der Waals surface area contributed by atoms with Crippen molar-refractivity contribution in [2.24, 2.45) is 0 Å². The molecule has 0 bridgehead atoms. The van der Waals surface area contributed by atoms with Crippen molar-refractivity contribution in [3.63, 3.8) is 0 Å². The molecule has 10 heteroatoms. The minimum absolute atomic E-state index is 0.375. The van der Waals surface area contributed by atoms with E-state index in [0.29, 0.717) is 39.5 Å². The molecule has 1 aromatic heterocycles. The maximum Gasteiger partial charge on any atom is 0.325 e. The Morgan fingerprint density at radius 2 is 1.73 bits per heavy atom. The van der Waals surface area contributed by atoms with E-state index < -0.39 is 6.03 Å². The Balaban J connectivity index is 1.66. The summed E-state index contributed by atoms with van der Waals surface area (Å²) in [6.07, 6.45) is 0.544. The number of ether oxygens (including phenoxy) is 3. The number of hydrogen-bond acceptors (Lipinski definition) is 7. The molecule has 0 aliphatic heterocycles. The van der Waals surface area contributed by atoms with Gasteiger partial charge in [0.25, 0.3) is 0 Å². The average molecular weight is 449 g/mol. The molecule has 0 unspecified atom stereocenters. The number of anilines is 2. The van der Waals surface area contributed by atoms with Crippen LogP contribution in [0.4, 0.5) is 15.6 Å². The molecule has 158 valence electrons. The summed E-state index contributed by atoms with van der Waals surface area (Å²) in [6, 6.07) is 8.56. The third-order valence-corrected chi connectivity index (χ3v) is 5.47. The van der Waals surface area contributed by atoms with Gasteiger partial charge in [0.1, 0.15) is 10.8 Å². The van der Waals surface area contributed by atoms with E-state index in [1.165, 1.54) is 18.4 Å². The Bertz CT molecular complexity index is 1060. The molecule has 3 aromatic rings. The highest BCUT2D eigenvalue weighted by atomic mass is 35.5. The first-order valence-electron chi connectivity index (χ1n) is 8.89. The molecule has 0 aliphatic rings. The molecule has 0 spiro atoms. The van der Waals surface area contributed by atoms with Gasteiger partial charge < -0.3 is 19.5 Å².